The number of carbonyl (C=O) groups is 1. The molecule has 0 aromatic heterocycles. The Bertz CT molecular complexity index is 564. The summed E-state index contributed by atoms with van der Waals surface area (Å²) in [7, 11) is 1.22. The Morgan fingerprint density at radius 3 is 2.69 bits per heavy atom. The molecule has 7 heteroatoms. The van der Waals surface area contributed by atoms with Crippen LogP contribution in [0.25, 0.3) is 0 Å². The van der Waals surface area contributed by atoms with E-state index in [9.17, 15) is 13.2 Å². The van der Waals surface area contributed by atoms with Gasteiger partial charge in [0.15, 0.2) is 0 Å². The van der Waals surface area contributed by atoms with E-state index < -0.39 is 15.0 Å². The zero-order chi connectivity index (χ0) is 11.9. The number of rotatable bonds is 2. The van der Waals surface area contributed by atoms with Crippen molar-refractivity contribution >= 4 is 25.7 Å². The first-order chi connectivity index (χ1) is 7.39. The molecular weight excluding hydrogens is 256 g/mol. The van der Waals surface area contributed by atoms with Crippen LogP contribution in [0.4, 0.5) is 0 Å². The van der Waals surface area contributed by atoms with E-state index in [4.69, 9.17) is 20.5 Å². The smallest absolute Gasteiger partial charge is 0.335 e. The molecule has 0 radical (unpaired) electrons. The highest BCUT2D eigenvalue weighted by molar-refractivity contribution is 8.13. The summed E-state index contributed by atoms with van der Waals surface area (Å²) >= 11 is 0. The second-order valence-electron chi connectivity index (χ2n) is 3.30. The van der Waals surface area contributed by atoms with Crippen molar-refractivity contribution in [3.8, 4) is 5.75 Å². The summed E-state index contributed by atoms with van der Waals surface area (Å²) < 4.78 is 27.7. The second-order valence-corrected chi connectivity index (χ2v) is 5.84. The van der Waals surface area contributed by atoms with Crippen LogP contribution in [0.3, 0.4) is 0 Å². The molecule has 0 aliphatic carbocycles. The number of hydrogen-bond donors (Lipinski definition) is 1. The first-order valence-corrected chi connectivity index (χ1v) is 6.68. The summed E-state index contributed by atoms with van der Waals surface area (Å²) in [6.45, 7) is 0.331. The molecule has 0 fully saturated rings. The van der Waals surface area contributed by atoms with Gasteiger partial charge in [0.25, 0.3) is 9.05 Å². The van der Waals surface area contributed by atoms with Crippen LogP contribution in [-0.2, 0) is 15.5 Å². The molecule has 5 nitrogen and oxygen atoms in total. The van der Waals surface area contributed by atoms with Gasteiger partial charge in [-0.1, -0.05) is 0 Å². The molecule has 86 valence electrons. The zero-order valence-corrected chi connectivity index (χ0v) is 9.51. The highest BCUT2D eigenvalue weighted by atomic mass is 35.7. The molecule has 0 amide bonds. The molecule has 1 aromatic carbocycles. The van der Waals surface area contributed by atoms with Crippen LogP contribution in [0, 0.1) is 0 Å². The van der Waals surface area contributed by atoms with Crippen molar-refractivity contribution in [3.05, 3.63) is 23.3 Å². The Morgan fingerprint density at radius 1 is 1.44 bits per heavy atom. The summed E-state index contributed by atoms with van der Waals surface area (Å²) in [5, 5.41) is 8.83. The minimum atomic E-state index is -4.00. The van der Waals surface area contributed by atoms with Crippen molar-refractivity contribution in [1.29, 1.82) is 0 Å². The van der Waals surface area contributed by atoms with Crippen LogP contribution < -0.4 is 4.74 Å². The minimum Gasteiger partial charge on any atom is -0.492 e. The number of fused-ring (bicyclic) bond motifs is 1. The second kappa shape index (κ2) is 3.64. The number of carboxylic acids is 1. The number of hydrogen-bond acceptors (Lipinski definition) is 4. The van der Waals surface area contributed by atoms with Crippen molar-refractivity contribution < 1.29 is 23.1 Å². The largest absolute Gasteiger partial charge is 0.492 e. The first kappa shape index (κ1) is 11.2. The number of carboxylic acid groups (broad SMARTS) is 1. The Hall–Kier alpha value is -1.27. The fraction of sp³-hybridized carbons (Fsp3) is 0.222. The minimum absolute atomic E-state index is 0.108. The van der Waals surface area contributed by atoms with Crippen LogP contribution >= 0.6 is 10.7 Å². The van der Waals surface area contributed by atoms with Crippen molar-refractivity contribution in [3.63, 3.8) is 0 Å². The summed E-state index contributed by atoms with van der Waals surface area (Å²) in [6.07, 6.45) is 0.482. The predicted octanol–water partition coefficient (Wildman–Crippen LogP) is 1.25. The lowest BCUT2D eigenvalue weighted by Gasteiger charge is -2.06. The van der Waals surface area contributed by atoms with Gasteiger partial charge < -0.3 is 9.84 Å². The molecule has 1 aromatic rings. The third-order valence-corrected chi connectivity index (χ3v) is 3.59. The molecule has 1 aliphatic rings. The van der Waals surface area contributed by atoms with Crippen molar-refractivity contribution in [2.45, 2.75) is 11.3 Å². The van der Waals surface area contributed by atoms with Crippen LogP contribution in [0.5, 0.6) is 5.75 Å². The fourth-order valence-corrected chi connectivity index (χ4v) is 2.60. The van der Waals surface area contributed by atoms with Gasteiger partial charge in [-0.3, -0.25) is 0 Å². The number of benzene rings is 1. The highest BCUT2D eigenvalue weighted by Crippen LogP contribution is 2.35. The van der Waals surface area contributed by atoms with Crippen LogP contribution in [0.15, 0.2) is 17.0 Å². The Labute approximate surface area is 96.0 Å². The van der Waals surface area contributed by atoms with Gasteiger partial charge in [0.05, 0.1) is 12.2 Å². The van der Waals surface area contributed by atoms with Crippen LogP contribution in [0.1, 0.15) is 15.9 Å². The number of halogens is 1. The van der Waals surface area contributed by atoms with Gasteiger partial charge in [-0.05, 0) is 17.7 Å². The normalized spacial score (nSPS) is 14.3. The summed E-state index contributed by atoms with van der Waals surface area (Å²) in [4.78, 5) is 10.5. The lowest BCUT2D eigenvalue weighted by Crippen LogP contribution is -2.02. The van der Waals surface area contributed by atoms with Crippen LogP contribution in [0.2, 0.25) is 0 Å². The molecule has 0 spiro atoms. The molecule has 0 saturated heterocycles. The average molecular weight is 263 g/mol. The Balaban J connectivity index is 2.73. The van der Waals surface area contributed by atoms with Crippen molar-refractivity contribution in [1.82, 2.24) is 0 Å². The lowest BCUT2D eigenvalue weighted by molar-refractivity contribution is 0.0696. The molecule has 0 unspecified atom stereocenters. The standard InChI is InChI=1S/C9H7ClO5S/c10-16(13,14)7-4-6(9(11)12)3-5-1-2-15-8(5)7/h3-4H,1-2H2,(H,11,12). The van der Waals surface area contributed by atoms with E-state index in [0.717, 1.165) is 6.07 Å². The Morgan fingerprint density at radius 2 is 2.12 bits per heavy atom. The van der Waals surface area contributed by atoms with Gasteiger partial charge in [-0.15, -0.1) is 0 Å². The summed E-state index contributed by atoms with van der Waals surface area (Å²) in [6, 6.07) is 2.41. The third kappa shape index (κ3) is 1.85. The fourth-order valence-electron chi connectivity index (χ4n) is 1.58. The van der Waals surface area contributed by atoms with Gasteiger partial charge in [0.2, 0.25) is 0 Å². The van der Waals surface area contributed by atoms with E-state index in [0.29, 0.717) is 18.6 Å². The third-order valence-electron chi connectivity index (χ3n) is 2.26. The molecule has 2 rings (SSSR count). The monoisotopic (exact) mass is 262 g/mol. The number of ether oxygens (including phenoxy) is 1. The van der Waals surface area contributed by atoms with Crippen molar-refractivity contribution in [2.75, 3.05) is 6.61 Å². The van der Waals surface area contributed by atoms with Gasteiger partial charge in [0.1, 0.15) is 10.6 Å². The Kier molecular flexibility index (Phi) is 2.55. The molecule has 0 bridgehead atoms. The maximum Gasteiger partial charge on any atom is 0.335 e. The summed E-state index contributed by atoms with van der Waals surface area (Å²) in [5.41, 5.74) is 0.447. The van der Waals surface area contributed by atoms with Crippen LogP contribution in [-0.4, -0.2) is 26.1 Å². The maximum atomic E-state index is 11.3. The van der Waals surface area contributed by atoms with Crippen molar-refractivity contribution in [2.24, 2.45) is 0 Å². The lowest BCUT2D eigenvalue weighted by atomic mass is 10.1. The van der Waals surface area contributed by atoms with Gasteiger partial charge in [0, 0.05) is 17.1 Å². The predicted molar refractivity (Wildman–Crippen MR) is 55.6 cm³/mol. The zero-order valence-electron chi connectivity index (χ0n) is 7.94. The van der Waals surface area contributed by atoms with E-state index >= 15 is 0 Å². The molecule has 1 heterocycles. The van der Waals surface area contributed by atoms with E-state index in [-0.39, 0.29) is 16.2 Å². The van der Waals surface area contributed by atoms with E-state index in [2.05, 4.69) is 0 Å². The van der Waals surface area contributed by atoms with Gasteiger partial charge in [-0.2, -0.15) is 0 Å². The topological polar surface area (TPSA) is 80.7 Å². The maximum absolute atomic E-state index is 11.3. The molecule has 0 saturated carbocycles. The quantitative estimate of drug-likeness (QED) is 0.811. The van der Waals surface area contributed by atoms with E-state index in [1.54, 1.807) is 0 Å². The van der Waals surface area contributed by atoms with Gasteiger partial charge >= 0.3 is 5.97 Å². The summed E-state index contributed by atoms with van der Waals surface area (Å²) in [5.74, 6) is -1.03. The van der Waals surface area contributed by atoms with Gasteiger partial charge in [-0.25, -0.2) is 13.2 Å². The molecular formula is C9H7ClO5S. The highest BCUT2D eigenvalue weighted by Gasteiger charge is 2.26. The molecule has 0 atom stereocenters. The van der Waals surface area contributed by atoms with E-state index in [1.165, 1.54) is 6.07 Å². The van der Waals surface area contributed by atoms with E-state index in [1.807, 2.05) is 0 Å². The molecule has 1 aliphatic heterocycles. The number of aromatic carboxylic acids is 1. The SMILES string of the molecule is O=C(O)c1cc2c(c(S(=O)(=O)Cl)c1)OCC2. The molecule has 1 N–H and O–H groups in total. The average Bonchev–Trinajstić information content (AvgIpc) is 2.61. The first-order valence-electron chi connectivity index (χ1n) is 4.37. The molecule has 16 heavy (non-hydrogen) atoms.